The Morgan fingerprint density at radius 3 is 3.10 bits per heavy atom. The van der Waals surface area contributed by atoms with Gasteiger partial charge in [0, 0.05) is 31.8 Å². The number of ether oxygens (including phenoxy) is 1. The molecule has 0 saturated carbocycles. The summed E-state index contributed by atoms with van der Waals surface area (Å²) in [4.78, 5) is 15.4. The van der Waals surface area contributed by atoms with Crippen LogP contribution in [0.15, 0.2) is 24.4 Å². The van der Waals surface area contributed by atoms with Crippen molar-refractivity contribution < 1.29 is 19.1 Å². The van der Waals surface area contributed by atoms with Gasteiger partial charge < -0.3 is 19.9 Å². The average molecular weight is 294 g/mol. The number of aromatic nitrogens is 1. The van der Waals surface area contributed by atoms with E-state index in [1.807, 2.05) is 0 Å². The molecular formula is C16H21N3O2. The average Bonchev–Trinajstić information content (AvgIpc) is 3.18. The number of likely N-dealkylation sites (N-methyl/N-ethyl adjacent to an activating group) is 1. The lowest BCUT2D eigenvalue weighted by Crippen LogP contribution is -2.28. The van der Waals surface area contributed by atoms with Crippen LogP contribution in [0.1, 0.15) is 20.7 Å². The second-order valence-electron chi connectivity index (χ2n) is 4.90. The van der Waals surface area contributed by atoms with Crippen LogP contribution < -0.4 is 5.32 Å². The van der Waals surface area contributed by atoms with Crippen molar-refractivity contribution >= 4 is 17.0 Å². The van der Waals surface area contributed by atoms with Crippen LogP contribution in [0.2, 0.25) is 0 Å². The van der Waals surface area contributed by atoms with E-state index in [4.69, 9.17) is 14.3 Å². The number of cyclic esters (lactones) is 1. The van der Waals surface area contributed by atoms with Crippen molar-refractivity contribution in [2.75, 3.05) is 27.2 Å². The Kier molecular flexibility index (Phi) is 2.16. The van der Waals surface area contributed by atoms with E-state index in [-0.39, 0.29) is 11.1 Å². The van der Waals surface area contributed by atoms with Gasteiger partial charge in [-0.2, -0.15) is 0 Å². The van der Waals surface area contributed by atoms with E-state index in [0.717, 1.165) is 4.90 Å². The molecule has 0 spiro atoms. The minimum absolute atomic E-state index is 0.0320. The monoisotopic (exact) mass is 294 g/mol. The lowest BCUT2D eigenvalue weighted by atomic mass is 10.0. The maximum atomic E-state index is 11.3. The maximum absolute atomic E-state index is 11.3. The second kappa shape index (κ2) is 5.77. The van der Waals surface area contributed by atoms with Crippen molar-refractivity contribution in [3.05, 3.63) is 35.5 Å². The first kappa shape index (κ1) is 7.84. The van der Waals surface area contributed by atoms with Gasteiger partial charge >= 0.3 is 6.09 Å². The van der Waals surface area contributed by atoms with Crippen LogP contribution in [0, 0.1) is 0 Å². The van der Waals surface area contributed by atoms with Gasteiger partial charge in [0.1, 0.15) is 6.61 Å². The van der Waals surface area contributed by atoms with E-state index in [0.29, 0.717) is 10.9 Å². The fourth-order valence-corrected chi connectivity index (χ4v) is 2.05. The van der Waals surface area contributed by atoms with Crippen molar-refractivity contribution in [3.8, 4) is 0 Å². The lowest BCUT2D eigenvalue weighted by molar-refractivity contribution is 0.177. The summed E-state index contributed by atoms with van der Waals surface area (Å²) >= 11 is 0. The molecule has 1 aliphatic heterocycles. The van der Waals surface area contributed by atoms with Gasteiger partial charge in [-0.3, -0.25) is 0 Å². The molecule has 1 aromatic heterocycles. The highest BCUT2D eigenvalue weighted by molar-refractivity contribution is 5.84. The van der Waals surface area contributed by atoms with Crippen LogP contribution in [0.4, 0.5) is 4.79 Å². The number of H-pyrrole nitrogens is 1. The normalized spacial score (nSPS) is 28.7. The highest BCUT2D eigenvalue weighted by Gasteiger charge is 2.22. The number of aryl methyl sites for hydroxylation is 1. The molecule has 5 heteroatoms. The van der Waals surface area contributed by atoms with E-state index in [1.165, 1.54) is 38.5 Å². The fourth-order valence-electron chi connectivity index (χ4n) is 2.05. The van der Waals surface area contributed by atoms with Gasteiger partial charge in [-0.15, -0.1) is 0 Å². The molecule has 1 saturated heterocycles. The van der Waals surface area contributed by atoms with Crippen molar-refractivity contribution in [2.45, 2.75) is 18.8 Å². The number of carbonyl (C=O) groups excluding carboxylic acids is 1. The van der Waals surface area contributed by atoms with E-state index in [9.17, 15) is 4.79 Å². The smallest absolute Gasteiger partial charge is 0.407 e. The predicted molar refractivity (Wildman–Crippen MR) is 82.5 cm³/mol. The molecular weight excluding hydrogens is 266 g/mol. The number of hydrogen-bond donors (Lipinski definition) is 2. The molecule has 5 nitrogen and oxygen atoms in total. The highest BCUT2D eigenvalue weighted by atomic mass is 16.6. The first-order valence-corrected chi connectivity index (χ1v) is 6.48. The van der Waals surface area contributed by atoms with Gasteiger partial charge in [0.15, 0.2) is 0 Å². The zero-order valence-corrected chi connectivity index (χ0v) is 11.8. The third kappa shape index (κ3) is 3.19. The Balaban J connectivity index is 2.12. The highest BCUT2D eigenvalue weighted by Crippen LogP contribution is 2.21. The zero-order valence-electron chi connectivity index (χ0n) is 18.8. The Labute approximate surface area is 134 Å². The lowest BCUT2D eigenvalue weighted by Gasteiger charge is -2.09. The SMILES string of the molecule is [2H]C([2H])(c1c[nH]c2ccc(C([2H])([2H])[C@@]3([2H])COC(=O)N3)cc12)C([2H])([2H])N(C)C. The molecule has 3 rings (SSSR count). The number of hydrogen-bond acceptors (Lipinski definition) is 3. The van der Waals surface area contributed by atoms with E-state index in [1.54, 1.807) is 0 Å². The number of fused-ring (bicyclic) bond motifs is 1. The van der Waals surface area contributed by atoms with Crippen LogP contribution in [0.3, 0.4) is 0 Å². The standard InChI is InChI=1S/C16H21N3O2/c1-19(2)6-5-12-9-17-15-4-3-11(8-14(12)15)7-13-10-21-16(20)18-13/h3-4,8-9,13,17H,5-7,10H2,1-2H3,(H,18,20)/t13-/m0/s1/i5D2,6D2,7D2,13D. The molecule has 0 bridgehead atoms. The van der Waals surface area contributed by atoms with Crippen LogP contribution >= 0.6 is 0 Å². The van der Waals surface area contributed by atoms with Gasteiger partial charge in [-0.1, -0.05) is 6.07 Å². The van der Waals surface area contributed by atoms with Crippen molar-refractivity contribution in [1.82, 2.24) is 15.2 Å². The molecule has 2 N–H and O–H groups in total. The number of amides is 1. The quantitative estimate of drug-likeness (QED) is 0.886. The summed E-state index contributed by atoms with van der Waals surface area (Å²) in [5.41, 5.74) is 0.575. The van der Waals surface area contributed by atoms with Crippen LogP contribution in [0.25, 0.3) is 10.9 Å². The molecule has 0 radical (unpaired) electrons. The molecule has 0 aliphatic carbocycles. The van der Waals surface area contributed by atoms with Crippen molar-refractivity contribution in [3.63, 3.8) is 0 Å². The Bertz CT molecular complexity index is 928. The van der Waals surface area contributed by atoms with Gasteiger partial charge in [0.25, 0.3) is 0 Å². The summed E-state index contributed by atoms with van der Waals surface area (Å²) < 4.78 is 62.8. The van der Waals surface area contributed by atoms with Crippen molar-refractivity contribution in [1.29, 1.82) is 0 Å². The number of alkyl carbamates (subject to hydrolysis) is 1. The van der Waals surface area contributed by atoms with E-state index < -0.39 is 38.0 Å². The number of carbonyl (C=O) groups is 1. The summed E-state index contributed by atoms with van der Waals surface area (Å²) in [5, 5.41) is 2.47. The van der Waals surface area contributed by atoms with Gasteiger partial charge in [0.05, 0.1) is 7.39 Å². The third-order valence-corrected chi connectivity index (χ3v) is 2.99. The number of aromatic amines is 1. The maximum Gasteiger partial charge on any atom is 0.407 e. The zero-order chi connectivity index (χ0) is 21.1. The molecule has 2 aromatic rings. The van der Waals surface area contributed by atoms with Gasteiger partial charge in [0.2, 0.25) is 0 Å². The second-order valence-corrected chi connectivity index (χ2v) is 4.90. The third-order valence-electron chi connectivity index (χ3n) is 2.99. The van der Waals surface area contributed by atoms with Gasteiger partial charge in [-0.05, 0) is 50.1 Å². The fraction of sp³-hybridized carbons (Fsp3) is 0.438. The van der Waals surface area contributed by atoms with E-state index >= 15 is 0 Å². The number of nitrogens with one attached hydrogen (secondary N) is 2. The van der Waals surface area contributed by atoms with E-state index in [2.05, 4.69) is 10.3 Å². The number of rotatable bonds is 5. The Hall–Kier alpha value is -2.01. The minimum Gasteiger partial charge on any atom is -0.447 e. The van der Waals surface area contributed by atoms with Crippen LogP contribution in [-0.2, 0) is 17.5 Å². The van der Waals surface area contributed by atoms with Crippen LogP contribution in [-0.4, -0.2) is 49.2 Å². The molecule has 0 unspecified atom stereocenters. The molecule has 112 valence electrons. The number of nitrogens with zero attached hydrogens (tertiary/aromatic N) is 1. The van der Waals surface area contributed by atoms with Crippen LogP contribution in [0.5, 0.6) is 0 Å². The summed E-state index contributed by atoms with van der Waals surface area (Å²) in [6.45, 7) is -2.80. The largest absolute Gasteiger partial charge is 0.447 e. The molecule has 1 atom stereocenters. The number of benzene rings is 1. The predicted octanol–water partition coefficient (Wildman–Crippen LogP) is 1.92. The summed E-state index contributed by atoms with van der Waals surface area (Å²) in [6.07, 6.45) is -4.27. The first-order valence-electron chi connectivity index (χ1n) is 9.98. The molecule has 1 aliphatic rings. The Morgan fingerprint density at radius 2 is 2.38 bits per heavy atom. The Morgan fingerprint density at radius 1 is 1.52 bits per heavy atom. The topological polar surface area (TPSA) is 57.4 Å². The molecule has 1 amide bonds. The van der Waals surface area contributed by atoms with Gasteiger partial charge in [-0.25, -0.2) is 4.79 Å². The summed E-state index contributed by atoms with van der Waals surface area (Å²) in [5.74, 6) is 0. The molecule has 1 fully saturated rings. The summed E-state index contributed by atoms with van der Waals surface area (Å²) in [7, 11) is 2.87. The van der Waals surface area contributed by atoms with Crippen molar-refractivity contribution in [2.24, 2.45) is 0 Å². The molecule has 21 heavy (non-hydrogen) atoms. The minimum atomic E-state index is -2.41. The molecule has 1 aromatic carbocycles. The first-order chi connectivity index (χ1) is 12.7. The summed E-state index contributed by atoms with van der Waals surface area (Å²) in [6, 6.07) is 2.32. The molecule has 2 heterocycles.